The molecule has 10 heavy (non-hydrogen) atoms. The maximum atomic E-state index is 3.49. The van der Waals surface area contributed by atoms with Gasteiger partial charge in [-0.2, -0.15) is 11.8 Å². The van der Waals surface area contributed by atoms with Crippen LogP contribution in [0.5, 0.6) is 0 Å². The Hall–Kier alpha value is 0.310. The monoisotopic (exact) mass is 159 g/mol. The fourth-order valence-electron chi connectivity index (χ4n) is 1.27. The van der Waals surface area contributed by atoms with Gasteiger partial charge in [0, 0.05) is 11.8 Å². The molecule has 1 rings (SSSR count). The van der Waals surface area contributed by atoms with Crippen molar-refractivity contribution in [3.05, 3.63) is 0 Å². The average molecular weight is 159 g/mol. The lowest BCUT2D eigenvalue weighted by Crippen LogP contribution is -2.23. The normalized spacial score (nSPS) is 25.5. The van der Waals surface area contributed by atoms with Gasteiger partial charge in [-0.1, -0.05) is 6.92 Å². The van der Waals surface area contributed by atoms with E-state index in [0.717, 1.165) is 6.04 Å². The molecule has 0 aliphatic carbocycles. The van der Waals surface area contributed by atoms with E-state index in [1.807, 2.05) is 0 Å². The van der Waals surface area contributed by atoms with Crippen molar-refractivity contribution in [2.45, 2.75) is 32.2 Å². The largest absolute Gasteiger partial charge is 0.313 e. The number of rotatable bonds is 4. The molecule has 0 saturated carbocycles. The van der Waals surface area contributed by atoms with Crippen LogP contribution in [-0.4, -0.2) is 24.1 Å². The standard InChI is InChI=1S/C8H17NS/c1-2-6-10-7-8-4-3-5-9-8/h8-9H,2-7H2,1H3/t8-/m0/s1. The highest BCUT2D eigenvalue weighted by Crippen LogP contribution is 2.12. The topological polar surface area (TPSA) is 12.0 Å². The van der Waals surface area contributed by atoms with Crippen LogP contribution in [0.15, 0.2) is 0 Å². The van der Waals surface area contributed by atoms with Gasteiger partial charge < -0.3 is 5.32 Å². The van der Waals surface area contributed by atoms with Gasteiger partial charge in [0.2, 0.25) is 0 Å². The summed E-state index contributed by atoms with van der Waals surface area (Å²) in [5.41, 5.74) is 0. The Bertz CT molecular complexity index is 79.3. The van der Waals surface area contributed by atoms with Gasteiger partial charge >= 0.3 is 0 Å². The van der Waals surface area contributed by atoms with Crippen LogP contribution in [0.25, 0.3) is 0 Å². The molecule has 1 heterocycles. The minimum atomic E-state index is 0.830. The molecule has 0 radical (unpaired) electrons. The van der Waals surface area contributed by atoms with Crippen molar-refractivity contribution >= 4 is 11.8 Å². The zero-order chi connectivity index (χ0) is 7.23. The van der Waals surface area contributed by atoms with Gasteiger partial charge in [0.25, 0.3) is 0 Å². The van der Waals surface area contributed by atoms with Crippen LogP contribution in [0, 0.1) is 0 Å². The lowest BCUT2D eigenvalue weighted by molar-refractivity contribution is 0.674. The first-order valence-electron chi connectivity index (χ1n) is 4.24. The summed E-state index contributed by atoms with van der Waals surface area (Å²) in [4.78, 5) is 0. The highest BCUT2D eigenvalue weighted by atomic mass is 32.2. The zero-order valence-corrected chi connectivity index (χ0v) is 7.54. The van der Waals surface area contributed by atoms with E-state index in [1.165, 1.54) is 37.3 Å². The van der Waals surface area contributed by atoms with E-state index in [2.05, 4.69) is 24.0 Å². The molecular weight excluding hydrogens is 142 g/mol. The third-order valence-electron chi connectivity index (χ3n) is 1.83. The average Bonchev–Trinajstić information content (AvgIpc) is 2.41. The van der Waals surface area contributed by atoms with E-state index in [9.17, 15) is 0 Å². The van der Waals surface area contributed by atoms with Crippen LogP contribution in [0.1, 0.15) is 26.2 Å². The zero-order valence-electron chi connectivity index (χ0n) is 6.73. The lowest BCUT2D eigenvalue weighted by Gasteiger charge is -2.07. The summed E-state index contributed by atoms with van der Waals surface area (Å²) < 4.78 is 0. The summed E-state index contributed by atoms with van der Waals surface area (Å²) in [5.74, 6) is 2.66. The molecule has 1 nitrogen and oxygen atoms in total. The van der Waals surface area contributed by atoms with Crippen LogP contribution in [-0.2, 0) is 0 Å². The van der Waals surface area contributed by atoms with E-state index in [1.54, 1.807) is 0 Å². The second-order valence-corrected chi connectivity index (χ2v) is 4.02. The first-order valence-corrected chi connectivity index (χ1v) is 5.40. The van der Waals surface area contributed by atoms with Crippen molar-refractivity contribution < 1.29 is 0 Å². The molecular formula is C8H17NS. The molecule has 0 bridgehead atoms. The first kappa shape index (κ1) is 8.41. The maximum Gasteiger partial charge on any atom is 0.0158 e. The quantitative estimate of drug-likeness (QED) is 0.629. The van der Waals surface area contributed by atoms with Crippen molar-refractivity contribution in [3.8, 4) is 0 Å². The summed E-state index contributed by atoms with van der Waals surface area (Å²) >= 11 is 2.09. The third kappa shape index (κ3) is 2.93. The molecule has 0 unspecified atom stereocenters. The number of hydrogen-bond donors (Lipinski definition) is 1. The maximum absolute atomic E-state index is 3.49. The Morgan fingerprint density at radius 2 is 2.50 bits per heavy atom. The second-order valence-electron chi connectivity index (χ2n) is 2.87. The third-order valence-corrected chi connectivity index (χ3v) is 3.16. The van der Waals surface area contributed by atoms with Crippen LogP contribution in [0.2, 0.25) is 0 Å². The van der Waals surface area contributed by atoms with Gasteiger partial charge in [0.15, 0.2) is 0 Å². The Balaban J connectivity index is 1.91. The molecule has 60 valence electrons. The highest BCUT2D eigenvalue weighted by molar-refractivity contribution is 7.99. The molecule has 0 spiro atoms. The second kappa shape index (κ2) is 5.03. The van der Waals surface area contributed by atoms with Gasteiger partial charge in [-0.25, -0.2) is 0 Å². The molecule has 1 atom stereocenters. The summed E-state index contributed by atoms with van der Waals surface area (Å²) in [5, 5.41) is 3.49. The van der Waals surface area contributed by atoms with Crippen molar-refractivity contribution in [3.63, 3.8) is 0 Å². The predicted octanol–water partition coefficient (Wildman–Crippen LogP) is 1.88. The van der Waals surface area contributed by atoms with E-state index in [-0.39, 0.29) is 0 Å². The van der Waals surface area contributed by atoms with Crippen LogP contribution in [0.4, 0.5) is 0 Å². The SMILES string of the molecule is CCCSC[C@@H]1CCCN1. The Morgan fingerprint density at radius 1 is 1.60 bits per heavy atom. The van der Waals surface area contributed by atoms with Crippen molar-refractivity contribution in [1.82, 2.24) is 5.32 Å². The summed E-state index contributed by atoms with van der Waals surface area (Å²) in [6.07, 6.45) is 4.10. The van der Waals surface area contributed by atoms with Crippen molar-refractivity contribution in [2.75, 3.05) is 18.1 Å². The molecule has 1 aliphatic rings. The molecule has 0 aromatic rings. The van der Waals surface area contributed by atoms with Gasteiger partial charge in [0.1, 0.15) is 0 Å². The molecule has 1 saturated heterocycles. The van der Waals surface area contributed by atoms with Crippen LogP contribution >= 0.6 is 11.8 Å². The Labute approximate surface area is 68.0 Å². The summed E-state index contributed by atoms with van der Waals surface area (Å²) in [6.45, 7) is 3.49. The number of hydrogen-bond acceptors (Lipinski definition) is 2. The fraction of sp³-hybridized carbons (Fsp3) is 1.00. The van der Waals surface area contributed by atoms with Crippen LogP contribution in [0.3, 0.4) is 0 Å². The number of thioether (sulfide) groups is 1. The molecule has 1 aliphatic heterocycles. The lowest BCUT2D eigenvalue weighted by atomic mass is 10.3. The minimum absolute atomic E-state index is 0.830. The number of nitrogens with one attached hydrogen (secondary N) is 1. The molecule has 0 amide bonds. The Morgan fingerprint density at radius 3 is 3.10 bits per heavy atom. The van der Waals surface area contributed by atoms with Gasteiger partial charge in [0.05, 0.1) is 0 Å². The van der Waals surface area contributed by atoms with E-state index in [4.69, 9.17) is 0 Å². The van der Waals surface area contributed by atoms with Crippen molar-refractivity contribution in [1.29, 1.82) is 0 Å². The molecule has 1 fully saturated rings. The molecule has 2 heteroatoms. The summed E-state index contributed by atoms with van der Waals surface area (Å²) in [7, 11) is 0. The molecule has 0 aromatic carbocycles. The van der Waals surface area contributed by atoms with Gasteiger partial charge in [-0.3, -0.25) is 0 Å². The van der Waals surface area contributed by atoms with Gasteiger partial charge in [-0.15, -0.1) is 0 Å². The van der Waals surface area contributed by atoms with E-state index >= 15 is 0 Å². The Kier molecular flexibility index (Phi) is 4.23. The smallest absolute Gasteiger partial charge is 0.0158 e. The van der Waals surface area contributed by atoms with Crippen LogP contribution < -0.4 is 5.32 Å². The predicted molar refractivity (Wildman–Crippen MR) is 48.6 cm³/mol. The van der Waals surface area contributed by atoms with Gasteiger partial charge in [-0.05, 0) is 31.6 Å². The fourth-order valence-corrected chi connectivity index (χ4v) is 2.29. The van der Waals surface area contributed by atoms with Crippen molar-refractivity contribution in [2.24, 2.45) is 0 Å². The molecule has 1 N–H and O–H groups in total. The highest BCUT2D eigenvalue weighted by Gasteiger charge is 2.12. The van der Waals surface area contributed by atoms with E-state index < -0.39 is 0 Å². The minimum Gasteiger partial charge on any atom is -0.313 e. The molecule has 0 aromatic heterocycles. The van der Waals surface area contributed by atoms with E-state index in [0.29, 0.717) is 0 Å². The summed E-state index contributed by atoms with van der Waals surface area (Å²) in [6, 6.07) is 0.830. The first-order chi connectivity index (χ1) is 4.93.